The highest BCUT2D eigenvalue weighted by Crippen LogP contribution is 2.09. The van der Waals surface area contributed by atoms with Crippen molar-refractivity contribution in [3.63, 3.8) is 0 Å². The van der Waals surface area contributed by atoms with Crippen molar-refractivity contribution in [3.05, 3.63) is 35.9 Å². The number of sulfonamides is 1. The second-order valence-corrected chi connectivity index (χ2v) is 7.68. The SMILES string of the molecule is C[C@H](NS(=O)(=O)CC(=O)c1ccccc1)C(=O)OC(C)(C)C. The zero-order valence-electron chi connectivity index (χ0n) is 13.1. The molecule has 7 heteroatoms. The first-order valence-electron chi connectivity index (χ1n) is 6.81. The van der Waals surface area contributed by atoms with Crippen molar-refractivity contribution in [3.8, 4) is 0 Å². The molecule has 0 aliphatic rings. The normalized spacial score (nSPS) is 13.5. The molecule has 0 aliphatic heterocycles. The van der Waals surface area contributed by atoms with Gasteiger partial charge in [0.15, 0.2) is 5.78 Å². The van der Waals surface area contributed by atoms with E-state index in [1.807, 2.05) is 0 Å². The van der Waals surface area contributed by atoms with Crippen molar-refractivity contribution in [2.75, 3.05) is 5.75 Å². The van der Waals surface area contributed by atoms with Crippen LogP contribution in [0.15, 0.2) is 30.3 Å². The molecule has 22 heavy (non-hydrogen) atoms. The smallest absolute Gasteiger partial charge is 0.324 e. The number of benzene rings is 1. The highest BCUT2D eigenvalue weighted by molar-refractivity contribution is 7.90. The molecule has 0 radical (unpaired) electrons. The standard InChI is InChI=1S/C15H21NO5S/c1-11(14(18)21-15(2,3)4)16-22(19,20)10-13(17)12-8-6-5-7-9-12/h5-9,11,16H,10H2,1-4H3/t11-/m0/s1. The van der Waals surface area contributed by atoms with Crippen molar-refractivity contribution >= 4 is 21.8 Å². The minimum Gasteiger partial charge on any atom is -0.459 e. The third-order valence-corrected chi connectivity index (χ3v) is 3.89. The molecular formula is C15H21NO5S. The molecule has 1 aromatic rings. The van der Waals surface area contributed by atoms with E-state index in [9.17, 15) is 18.0 Å². The van der Waals surface area contributed by atoms with E-state index in [4.69, 9.17) is 4.74 Å². The first-order valence-corrected chi connectivity index (χ1v) is 8.46. The second-order valence-electron chi connectivity index (χ2n) is 5.92. The van der Waals surface area contributed by atoms with E-state index in [2.05, 4.69) is 4.72 Å². The summed E-state index contributed by atoms with van der Waals surface area (Å²) in [4.78, 5) is 23.7. The first-order chi connectivity index (χ1) is 10.0. The number of ether oxygens (including phenoxy) is 1. The van der Waals surface area contributed by atoms with Gasteiger partial charge in [-0.05, 0) is 27.7 Å². The number of carbonyl (C=O) groups excluding carboxylic acids is 2. The molecule has 0 unspecified atom stereocenters. The highest BCUT2D eigenvalue weighted by Gasteiger charge is 2.27. The number of carbonyl (C=O) groups is 2. The van der Waals surface area contributed by atoms with Gasteiger partial charge in [-0.3, -0.25) is 9.59 Å². The van der Waals surface area contributed by atoms with E-state index in [1.54, 1.807) is 39.0 Å². The predicted octanol–water partition coefficient (Wildman–Crippen LogP) is 1.52. The Morgan fingerprint density at radius 2 is 1.73 bits per heavy atom. The van der Waals surface area contributed by atoms with Crippen molar-refractivity contribution in [1.29, 1.82) is 0 Å². The Balaban J connectivity index is 2.68. The Morgan fingerprint density at radius 1 is 1.18 bits per heavy atom. The molecule has 0 saturated heterocycles. The number of nitrogens with one attached hydrogen (secondary N) is 1. The maximum Gasteiger partial charge on any atom is 0.324 e. The fourth-order valence-corrected chi connectivity index (χ4v) is 2.86. The average molecular weight is 327 g/mol. The van der Waals surface area contributed by atoms with Crippen LogP contribution in [0, 0.1) is 0 Å². The number of ketones is 1. The zero-order chi connectivity index (χ0) is 17.0. The van der Waals surface area contributed by atoms with Gasteiger partial charge in [0.25, 0.3) is 0 Å². The molecule has 0 spiro atoms. The number of hydrogen-bond acceptors (Lipinski definition) is 5. The van der Waals surface area contributed by atoms with Gasteiger partial charge in [0.2, 0.25) is 10.0 Å². The number of rotatable bonds is 6. The van der Waals surface area contributed by atoms with Gasteiger partial charge in [-0.15, -0.1) is 0 Å². The van der Waals surface area contributed by atoms with Gasteiger partial charge in [0.1, 0.15) is 17.4 Å². The largest absolute Gasteiger partial charge is 0.459 e. The molecule has 0 aromatic heterocycles. The van der Waals surface area contributed by atoms with Crippen LogP contribution in [-0.4, -0.2) is 37.6 Å². The van der Waals surface area contributed by atoms with Gasteiger partial charge in [0, 0.05) is 5.56 Å². The maximum absolute atomic E-state index is 12.0. The Hall–Kier alpha value is -1.73. The Labute approximate surface area is 130 Å². The summed E-state index contributed by atoms with van der Waals surface area (Å²) in [6, 6.07) is 7.04. The summed E-state index contributed by atoms with van der Waals surface area (Å²) in [5, 5.41) is 0. The number of hydrogen-bond donors (Lipinski definition) is 1. The maximum atomic E-state index is 12.0. The average Bonchev–Trinajstić information content (AvgIpc) is 2.36. The minimum absolute atomic E-state index is 0.304. The van der Waals surface area contributed by atoms with E-state index >= 15 is 0 Å². The molecule has 1 atom stereocenters. The van der Waals surface area contributed by atoms with Crippen LogP contribution in [0.5, 0.6) is 0 Å². The lowest BCUT2D eigenvalue weighted by Crippen LogP contribution is -2.43. The fraction of sp³-hybridized carbons (Fsp3) is 0.467. The van der Waals surface area contributed by atoms with E-state index in [0.29, 0.717) is 5.56 Å². The lowest BCUT2D eigenvalue weighted by atomic mass is 10.2. The van der Waals surface area contributed by atoms with Crippen LogP contribution in [-0.2, 0) is 19.6 Å². The van der Waals surface area contributed by atoms with Crippen molar-refractivity contribution in [2.24, 2.45) is 0 Å². The lowest BCUT2D eigenvalue weighted by molar-refractivity contribution is -0.156. The molecule has 0 saturated carbocycles. The monoisotopic (exact) mass is 327 g/mol. The molecule has 0 aliphatic carbocycles. The molecule has 6 nitrogen and oxygen atoms in total. The van der Waals surface area contributed by atoms with Crippen molar-refractivity contribution in [1.82, 2.24) is 4.72 Å². The van der Waals surface area contributed by atoms with Gasteiger partial charge in [-0.1, -0.05) is 30.3 Å². The molecule has 0 heterocycles. The summed E-state index contributed by atoms with van der Waals surface area (Å²) < 4.78 is 31.2. The topological polar surface area (TPSA) is 89.5 Å². The Morgan fingerprint density at radius 3 is 2.23 bits per heavy atom. The molecule has 0 fully saturated rings. The summed E-state index contributed by atoms with van der Waals surface area (Å²) in [6.07, 6.45) is 0. The quantitative estimate of drug-likeness (QED) is 0.632. The van der Waals surface area contributed by atoms with Gasteiger partial charge in [-0.25, -0.2) is 13.1 Å². The Bertz CT molecular complexity index is 632. The van der Waals surface area contributed by atoms with E-state index in [0.717, 1.165) is 0 Å². The van der Waals surface area contributed by atoms with Gasteiger partial charge < -0.3 is 4.74 Å². The summed E-state index contributed by atoms with van der Waals surface area (Å²) in [5.41, 5.74) is -0.408. The van der Waals surface area contributed by atoms with E-state index in [1.165, 1.54) is 19.1 Å². The van der Waals surface area contributed by atoms with Gasteiger partial charge in [0.05, 0.1) is 0 Å². The van der Waals surface area contributed by atoms with Gasteiger partial charge in [-0.2, -0.15) is 0 Å². The highest BCUT2D eigenvalue weighted by atomic mass is 32.2. The molecule has 0 bridgehead atoms. The molecule has 1 aromatic carbocycles. The van der Waals surface area contributed by atoms with Crippen LogP contribution < -0.4 is 4.72 Å². The Kier molecular flexibility index (Phi) is 5.85. The van der Waals surface area contributed by atoms with Crippen LogP contribution in [0.25, 0.3) is 0 Å². The summed E-state index contributed by atoms with van der Waals surface area (Å²) in [7, 11) is -3.93. The van der Waals surface area contributed by atoms with Crippen molar-refractivity contribution < 1.29 is 22.7 Å². The molecule has 1 rings (SSSR count). The fourth-order valence-electron chi connectivity index (χ4n) is 1.63. The summed E-state index contributed by atoms with van der Waals surface area (Å²) in [6.45, 7) is 6.43. The minimum atomic E-state index is -3.93. The van der Waals surface area contributed by atoms with E-state index in [-0.39, 0.29) is 0 Å². The third kappa shape index (κ3) is 6.36. The summed E-state index contributed by atoms with van der Waals surface area (Å²) >= 11 is 0. The van der Waals surface area contributed by atoms with Gasteiger partial charge >= 0.3 is 5.97 Å². The van der Waals surface area contributed by atoms with Crippen molar-refractivity contribution in [2.45, 2.75) is 39.3 Å². The number of esters is 1. The molecular weight excluding hydrogens is 306 g/mol. The molecule has 0 amide bonds. The van der Waals surface area contributed by atoms with Crippen LogP contribution in [0.1, 0.15) is 38.1 Å². The van der Waals surface area contributed by atoms with Crippen LogP contribution in [0.2, 0.25) is 0 Å². The second kappa shape index (κ2) is 7.02. The molecule has 1 N–H and O–H groups in total. The van der Waals surface area contributed by atoms with Crippen LogP contribution in [0.3, 0.4) is 0 Å². The third-order valence-electron chi connectivity index (χ3n) is 2.53. The summed E-state index contributed by atoms with van der Waals surface area (Å²) in [5.74, 6) is -1.95. The van der Waals surface area contributed by atoms with E-state index < -0.39 is 39.2 Å². The predicted molar refractivity (Wildman–Crippen MR) is 83.0 cm³/mol. The first kappa shape index (κ1) is 18.3. The molecule has 122 valence electrons. The zero-order valence-corrected chi connectivity index (χ0v) is 13.9. The lowest BCUT2D eigenvalue weighted by Gasteiger charge is -2.22. The number of Topliss-reactive ketones (excluding diaryl/α,β-unsaturated/α-hetero) is 1. The van der Waals surface area contributed by atoms with Crippen LogP contribution >= 0.6 is 0 Å². The van der Waals surface area contributed by atoms with Crippen LogP contribution in [0.4, 0.5) is 0 Å².